The second kappa shape index (κ2) is 8.54. The predicted molar refractivity (Wildman–Crippen MR) is 116 cm³/mol. The standard InChI is InChI=1S/C21H20ClN5O3/c1-15-5-7-18(8-6-15)30-21-19(27(28)29)20(23-14-24-21)26-11-9-25(10-12-26)17-4-2-3-16(22)13-17/h2-8,13-14H,9-12H2,1H3. The minimum Gasteiger partial charge on any atom is -0.434 e. The molecule has 1 fully saturated rings. The quantitative estimate of drug-likeness (QED) is 0.440. The van der Waals surface area contributed by atoms with E-state index in [9.17, 15) is 10.1 Å². The third-order valence-electron chi connectivity index (χ3n) is 4.94. The summed E-state index contributed by atoms with van der Waals surface area (Å²) < 4.78 is 5.72. The Morgan fingerprint density at radius 3 is 2.40 bits per heavy atom. The summed E-state index contributed by atoms with van der Waals surface area (Å²) in [6.45, 7) is 4.49. The third-order valence-corrected chi connectivity index (χ3v) is 5.18. The number of nitro groups is 1. The van der Waals surface area contributed by atoms with E-state index in [2.05, 4.69) is 14.9 Å². The Hall–Kier alpha value is -3.39. The lowest BCUT2D eigenvalue weighted by atomic mass is 10.2. The number of hydrogen-bond donors (Lipinski definition) is 0. The molecule has 2 heterocycles. The summed E-state index contributed by atoms with van der Waals surface area (Å²) in [4.78, 5) is 23.7. The molecule has 0 spiro atoms. The van der Waals surface area contributed by atoms with Crippen molar-refractivity contribution in [3.8, 4) is 11.6 Å². The number of benzene rings is 2. The van der Waals surface area contributed by atoms with Gasteiger partial charge < -0.3 is 14.5 Å². The fourth-order valence-corrected chi connectivity index (χ4v) is 3.57. The summed E-state index contributed by atoms with van der Waals surface area (Å²) >= 11 is 6.09. The summed E-state index contributed by atoms with van der Waals surface area (Å²) in [5, 5.41) is 12.5. The molecule has 0 unspecified atom stereocenters. The average Bonchev–Trinajstić information content (AvgIpc) is 2.75. The number of aryl methyl sites for hydroxylation is 1. The monoisotopic (exact) mass is 425 g/mol. The second-order valence-electron chi connectivity index (χ2n) is 6.98. The zero-order chi connectivity index (χ0) is 21.1. The topological polar surface area (TPSA) is 84.6 Å². The fourth-order valence-electron chi connectivity index (χ4n) is 3.39. The lowest BCUT2D eigenvalue weighted by molar-refractivity contribution is -0.385. The van der Waals surface area contributed by atoms with E-state index in [1.165, 1.54) is 6.33 Å². The first-order chi connectivity index (χ1) is 14.5. The molecule has 0 radical (unpaired) electrons. The van der Waals surface area contributed by atoms with Crippen LogP contribution in [0.4, 0.5) is 17.2 Å². The van der Waals surface area contributed by atoms with Crippen LogP contribution in [0.15, 0.2) is 54.9 Å². The summed E-state index contributed by atoms with van der Waals surface area (Å²) in [7, 11) is 0. The van der Waals surface area contributed by atoms with Crippen molar-refractivity contribution in [2.24, 2.45) is 0 Å². The minimum atomic E-state index is -0.484. The summed E-state index contributed by atoms with van der Waals surface area (Å²) in [5.74, 6) is 0.688. The SMILES string of the molecule is Cc1ccc(Oc2ncnc(N3CCN(c4cccc(Cl)c4)CC3)c2[N+](=O)[O-])cc1. The van der Waals surface area contributed by atoms with Gasteiger partial charge >= 0.3 is 11.6 Å². The molecule has 8 nitrogen and oxygen atoms in total. The lowest BCUT2D eigenvalue weighted by Crippen LogP contribution is -2.47. The number of rotatable bonds is 5. The lowest BCUT2D eigenvalue weighted by Gasteiger charge is -2.36. The van der Waals surface area contributed by atoms with Crippen LogP contribution < -0.4 is 14.5 Å². The van der Waals surface area contributed by atoms with E-state index in [1.54, 1.807) is 12.1 Å². The zero-order valence-corrected chi connectivity index (χ0v) is 17.1. The molecule has 0 atom stereocenters. The van der Waals surface area contributed by atoms with Gasteiger partial charge in [-0.1, -0.05) is 35.4 Å². The molecular formula is C21H20ClN5O3. The first-order valence-electron chi connectivity index (χ1n) is 9.50. The number of hydrogen-bond acceptors (Lipinski definition) is 7. The molecule has 30 heavy (non-hydrogen) atoms. The maximum atomic E-state index is 11.8. The van der Waals surface area contributed by atoms with Crippen molar-refractivity contribution in [3.63, 3.8) is 0 Å². The molecule has 1 aromatic heterocycles. The molecule has 4 rings (SSSR count). The number of piperazine rings is 1. The Labute approximate surface area is 178 Å². The van der Waals surface area contributed by atoms with E-state index in [-0.39, 0.29) is 17.4 Å². The van der Waals surface area contributed by atoms with E-state index in [1.807, 2.05) is 48.2 Å². The number of ether oxygens (including phenoxy) is 1. The van der Waals surface area contributed by atoms with Crippen LogP contribution in [0, 0.1) is 17.0 Å². The van der Waals surface area contributed by atoms with E-state index in [4.69, 9.17) is 16.3 Å². The van der Waals surface area contributed by atoms with Crippen molar-refractivity contribution in [2.45, 2.75) is 6.92 Å². The molecule has 154 valence electrons. The molecular weight excluding hydrogens is 406 g/mol. The molecule has 9 heteroatoms. The van der Waals surface area contributed by atoms with Crippen molar-refractivity contribution in [1.29, 1.82) is 0 Å². The first kappa shape index (κ1) is 19.9. The number of aromatic nitrogens is 2. The van der Waals surface area contributed by atoms with Gasteiger partial charge in [-0.3, -0.25) is 10.1 Å². The highest BCUT2D eigenvalue weighted by atomic mass is 35.5. The highest BCUT2D eigenvalue weighted by molar-refractivity contribution is 6.30. The van der Waals surface area contributed by atoms with Crippen LogP contribution >= 0.6 is 11.6 Å². The van der Waals surface area contributed by atoms with E-state index < -0.39 is 4.92 Å². The molecule has 0 N–H and O–H groups in total. The molecule has 2 aromatic carbocycles. The normalized spacial score (nSPS) is 13.9. The Bertz CT molecular complexity index is 1050. The van der Waals surface area contributed by atoms with Crippen molar-refractivity contribution in [1.82, 2.24) is 9.97 Å². The van der Waals surface area contributed by atoms with Crippen molar-refractivity contribution in [3.05, 3.63) is 75.6 Å². The number of halogens is 1. The molecule has 3 aromatic rings. The van der Waals surface area contributed by atoms with Crippen LogP contribution in [-0.4, -0.2) is 41.1 Å². The number of nitrogens with zero attached hydrogens (tertiary/aromatic N) is 5. The summed E-state index contributed by atoms with van der Waals surface area (Å²) in [6.07, 6.45) is 1.30. The van der Waals surface area contributed by atoms with Crippen LogP contribution in [0.25, 0.3) is 0 Å². The highest BCUT2D eigenvalue weighted by Crippen LogP contribution is 2.36. The average molecular weight is 426 g/mol. The van der Waals surface area contributed by atoms with Crippen LogP contribution in [0.3, 0.4) is 0 Å². The van der Waals surface area contributed by atoms with Crippen LogP contribution in [0.5, 0.6) is 11.6 Å². The van der Waals surface area contributed by atoms with Gasteiger partial charge in [-0.2, -0.15) is 4.98 Å². The summed E-state index contributed by atoms with van der Waals surface area (Å²) in [5.41, 5.74) is 1.87. The van der Waals surface area contributed by atoms with Gasteiger partial charge in [0.1, 0.15) is 12.1 Å². The first-order valence-corrected chi connectivity index (χ1v) is 9.88. The van der Waals surface area contributed by atoms with Gasteiger partial charge in [0, 0.05) is 36.9 Å². The smallest absolute Gasteiger partial charge is 0.373 e. The van der Waals surface area contributed by atoms with Gasteiger partial charge in [-0.25, -0.2) is 4.98 Å². The van der Waals surface area contributed by atoms with Gasteiger partial charge in [0.15, 0.2) is 0 Å². The molecule has 1 aliphatic rings. The Balaban J connectivity index is 1.55. The Morgan fingerprint density at radius 1 is 1.03 bits per heavy atom. The maximum absolute atomic E-state index is 11.8. The molecule has 0 bridgehead atoms. The van der Waals surface area contributed by atoms with Crippen molar-refractivity contribution >= 4 is 28.8 Å². The van der Waals surface area contributed by atoms with Crippen LogP contribution in [0.1, 0.15) is 5.56 Å². The molecule has 0 amide bonds. The molecule has 0 aliphatic carbocycles. The van der Waals surface area contributed by atoms with Crippen molar-refractivity contribution in [2.75, 3.05) is 36.0 Å². The van der Waals surface area contributed by atoms with Gasteiger partial charge in [-0.15, -0.1) is 0 Å². The molecule has 0 saturated carbocycles. The molecule has 1 aliphatic heterocycles. The zero-order valence-electron chi connectivity index (χ0n) is 16.4. The van der Waals surface area contributed by atoms with Gasteiger partial charge in [0.2, 0.25) is 5.82 Å². The largest absolute Gasteiger partial charge is 0.434 e. The maximum Gasteiger partial charge on any atom is 0.373 e. The van der Waals surface area contributed by atoms with Crippen LogP contribution in [-0.2, 0) is 0 Å². The molecule has 1 saturated heterocycles. The fraction of sp³-hybridized carbons (Fsp3) is 0.238. The van der Waals surface area contributed by atoms with Gasteiger partial charge in [0.05, 0.1) is 4.92 Å². The highest BCUT2D eigenvalue weighted by Gasteiger charge is 2.30. The predicted octanol–water partition coefficient (Wildman–Crippen LogP) is 4.47. The Kier molecular flexibility index (Phi) is 5.67. The van der Waals surface area contributed by atoms with E-state index in [0.717, 1.165) is 11.3 Å². The summed E-state index contributed by atoms with van der Waals surface area (Å²) in [6, 6.07) is 14.9. The third kappa shape index (κ3) is 4.28. The van der Waals surface area contributed by atoms with Gasteiger partial charge in [-0.05, 0) is 37.3 Å². The van der Waals surface area contributed by atoms with Crippen LogP contribution in [0.2, 0.25) is 5.02 Å². The minimum absolute atomic E-state index is 0.0638. The second-order valence-corrected chi connectivity index (χ2v) is 7.41. The number of anilines is 2. The Morgan fingerprint density at radius 2 is 1.73 bits per heavy atom. The van der Waals surface area contributed by atoms with Crippen molar-refractivity contribution < 1.29 is 9.66 Å². The van der Waals surface area contributed by atoms with E-state index in [0.29, 0.717) is 37.0 Å². The van der Waals surface area contributed by atoms with Gasteiger partial charge in [0.25, 0.3) is 0 Å². The van der Waals surface area contributed by atoms with E-state index >= 15 is 0 Å².